The molecule has 50 heavy (non-hydrogen) atoms. The molecule has 2 aromatic heterocycles. The molecular weight excluding hydrogens is 629 g/mol. The zero-order valence-corrected chi connectivity index (χ0v) is 28.2. The summed E-state index contributed by atoms with van der Waals surface area (Å²) in [4.78, 5) is 1.32. The van der Waals surface area contributed by atoms with E-state index in [0.29, 0.717) is 12.0 Å². The van der Waals surface area contributed by atoms with Crippen LogP contribution in [0.5, 0.6) is 0 Å². The van der Waals surface area contributed by atoms with Crippen molar-refractivity contribution in [2.45, 2.75) is 28.9 Å². The van der Waals surface area contributed by atoms with E-state index in [0.717, 1.165) is 28.1 Å². The summed E-state index contributed by atoms with van der Waals surface area (Å²) in [5.41, 5.74) is 12.3. The standard InChI is InChI=1S/C45H30N4S/c1-45-36(32-20-23-42-43(44(32)50-45)33-13-6-8-17-39(33)48(42)30-10-3-2-4-11-30)14-9-15-37(45)35-25-29(27-47)19-22-41(35)49-38-16-7-5-12-31(38)34-24-28(26-46)18-21-40(34)49/h2-23,25,28,36H,24H2,1H3/t28?,36-,45?/m0/s1. The van der Waals surface area contributed by atoms with Gasteiger partial charge in [0.25, 0.3) is 0 Å². The molecule has 1 aliphatic heterocycles. The fourth-order valence-electron chi connectivity index (χ4n) is 8.70. The highest BCUT2D eigenvalue weighted by Gasteiger charge is 2.48. The quantitative estimate of drug-likeness (QED) is 0.190. The molecule has 0 saturated heterocycles. The predicted molar refractivity (Wildman–Crippen MR) is 205 cm³/mol. The summed E-state index contributed by atoms with van der Waals surface area (Å²) in [6, 6.07) is 43.5. The summed E-state index contributed by atoms with van der Waals surface area (Å²) in [6.45, 7) is 2.38. The molecule has 2 unspecified atom stereocenters. The molecule has 0 saturated carbocycles. The van der Waals surface area contributed by atoms with Gasteiger partial charge in [0.1, 0.15) is 0 Å². The van der Waals surface area contributed by atoms with Gasteiger partial charge in [-0.2, -0.15) is 10.5 Å². The Hall–Kier alpha value is -6.01. The zero-order valence-electron chi connectivity index (χ0n) is 27.3. The highest BCUT2D eigenvalue weighted by atomic mass is 32.2. The van der Waals surface area contributed by atoms with E-state index in [1.165, 1.54) is 48.8 Å². The van der Waals surface area contributed by atoms with Crippen LogP contribution >= 0.6 is 11.8 Å². The minimum absolute atomic E-state index is 0.147. The molecule has 0 radical (unpaired) electrons. The lowest BCUT2D eigenvalue weighted by molar-refractivity contribution is 0.718. The second-order valence-electron chi connectivity index (χ2n) is 13.6. The van der Waals surface area contributed by atoms with Crippen LogP contribution in [0.25, 0.3) is 55.7 Å². The van der Waals surface area contributed by atoms with Gasteiger partial charge in [-0.1, -0.05) is 85.0 Å². The van der Waals surface area contributed by atoms with Gasteiger partial charge in [-0.05, 0) is 84.7 Å². The van der Waals surface area contributed by atoms with E-state index in [2.05, 4.69) is 156 Å². The SMILES string of the molecule is CC12Sc3c(ccc4c3c3ccccc3n4-c3ccccc3)[C@@H]1C=CC=C2c1cc(C#N)ccc1-n1c2c(c3ccccc31)CC(C#N)C=C2. The molecule has 7 aromatic rings. The lowest BCUT2D eigenvalue weighted by Gasteiger charge is -2.35. The predicted octanol–water partition coefficient (Wildman–Crippen LogP) is 10.9. The normalized spacial score (nSPS) is 20.3. The Kier molecular flexibility index (Phi) is 6.22. The minimum Gasteiger partial charge on any atom is -0.309 e. The first kappa shape index (κ1) is 29.0. The third-order valence-electron chi connectivity index (χ3n) is 10.9. The third kappa shape index (κ3) is 3.93. The molecule has 3 aliphatic rings. The van der Waals surface area contributed by atoms with Crippen LogP contribution in [0.3, 0.4) is 0 Å². The highest BCUT2D eigenvalue weighted by Crippen LogP contribution is 2.63. The van der Waals surface area contributed by atoms with Crippen LogP contribution in [0.2, 0.25) is 0 Å². The molecule has 0 bridgehead atoms. The molecule has 5 heteroatoms. The van der Waals surface area contributed by atoms with Gasteiger partial charge in [0.05, 0.1) is 50.6 Å². The maximum Gasteiger partial charge on any atom is 0.0991 e. The Morgan fingerprint density at radius 2 is 1.54 bits per heavy atom. The van der Waals surface area contributed by atoms with Gasteiger partial charge < -0.3 is 9.13 Å². The number of fused-ring (bicyclic) bond motifs is 10. The van der Waals surface area contributed by atoms with Crippen LogP contribution in [0, 0.1) is 28.6 Å². The van der Waals surface area contributed by atoms with E-state index in [9.17, 15) is 10.5 Å². The summed E-state index contributed by atoms with van der Waals surface area (Å²) in [7, 11) is 0. The van der Waals surface area contributed by atoms with Crippen molar-refractivity contribution in [1.82, 2.24) is 9.13 Å². The second-order valence-corrected chi connectivity index (χ2v) is 15.0. The first-order valence-electron chi connectivity index (χ1n) is 17.0. The molecular formula is C45H30N4S. The van der Waals surface area contributed by atoms with Gasteiger partial charge >= 0.3 is 0 Å². The van der Waals surface area contributed by atoms with E-state index in [-0.39, 0.29) is 16.6 Å². The molecule has 3 atom stereocenters. The lowest BCUT2D eigenvalue weighted by atomic mass is 9.75. The van der Waals surface area contributed by atoms with E-state index in [1.54, 1.807) is 0 Å². The first-order chi connectivity index (χ1) is 24.6. The Morgan fingerprint density at radius 1 is 0.780 bits per heavy atom. The number of aromatic nitrogens is 2. The van der Waals surface area contributed by atoms with E-state index in [1.807, 2.05) is 23.9 Å². The van der Waals surface area contributed by atoms with Crippen molar-refractivity contribution < 1.29 is 0 Å². The smallest absolute Gasteiger partial charge is 0.0991 e. The number of thioether (sulfide) groups is 1. The van der Waals surface area contributed by atoms with E-state index >= 15 is 0 Å². The summed E-state index contributed by atoms with van der Waals surface area (Å²) >= 11 is 1.96. The topological polar surface area (TPSA) is 57.4 Å². The number of hydrogen-bond acceptors (Lipinski definition) is 3. The van der Waals surface area contributed by atoms with Gasteiger partial charge in [-0.15, -0.1) is 11.8 Å². The number of hydrogen-bond donors (Lipinski definition) is 0. The van der Waals surface area contributed by atoms with Gasteiger partial charge in [0, 0.05) is 43.9 Å². The fraction of sp³-hybridized carbons (Fsp3) is 0.111. The molecule has 0 N–H and O–H groups in total. The number of allylic oxidation sites excluding steroid dienone is 4. The molecule has 4 nitrogen and oxygen atoms in total. The van der Waals surface area contributed by atoms with Crippen LogP contribution in [0.1, 0.15) is 40.8 Å². The van der Waals surface area contributed by atoms with Crippen molar-refractivity contribution in [3.05, 3.63) is 161 Å². The number of nitrogens with zero attached hydrogens (tertiary/aromatic N) is 4. The summed E-state index contributed by atoms with van der Waals surface area (Å²) in [5.74, 6) is 0.00190. The van der Waals surface area contributed by atoms with Gasteiger partial charge in [-0.3, -0.25) is 0 Å². The van der Waals surface area contributed by atoms with E-state index < -0.39 is 0 Å². The second kappa shape index (κ2) is 10.7. The molecule has 0 spiro atoms. The van der Waals surface area contributed by atoms with Crippen molar-refractivity contribution in [3.8, 4) is 23.5 Å². The van der Waals surface area contributed by atoms with Gasteiger partial charge in [0.15, 0.2) is 0 Å². The van der Waals surface area contributed by atoms with Crippen LogP contribution in [-0.4, -0.2) is 13.9 Å². The Bertz CT molecular complexity index is 2760. The molecule has 10 rings (SSSR count). The third-order valence-corrected chi connectivity index (χ3v) is 12.5. The van der Waals surface area contributed by atoms with Crippen LogP contribution in [0.4, 0.5) is 0 Å². The summed E-state index contributed by atoms with van der Waals surface area (Å²) < 4.78 is 4.41. The average Bonchev–Trinajstić information content (AvgIpc) is 3.79. The molecule has 3 heterocycles. The minimum atomic E-state index is -0.324. The Morgan fingerprint density at radius 3 is 2.34 bits per heavy atom. The number of nitriles is 2. The summed E-state index contributed by atoms with van der Waals surface area (Å²) in [6.07, 6.45) is 11.7. The molecule has 0 fully saturated rings. The van der Waals surface area contributed by atoms with Crippen LogP contribution in [-0.2, 0) is 6.42 Å². The Balaban J connectivity index is 1.19. The number of rotatable bonds is 3. The van der Waals surface area contributed by atoms with Crippen molar-refractivity contribution >= 4 is 56.1 Å². The molecule has 2 aliphatic carbocycles. The van der Waals surface area contributed by atoms with Crippen molar-refractivity contribution in [1.29, 1.82) is 10.5 Å². The monoisotopic (exact) mass is 658 g/mol. The van der Waals surface area contributed by atoms with Crippen LogP contribution < -0.4 is 0 Å². The maximum atomic E-state index is 10.2. The van der Waals surface area contributed by atoms with Crippen LogP contribution in [0.15, 0.2) is 138 Å². The Labute approximate surface area is 294 Å². The van der Waals surface area contributed by atoms with Crippen molar-refractivity contribution in [2.24, 2.45) is 5.92 Å². The highest BCUT2D eigenvalue weighted by molar-refractivity contribution is 8.01. The van der Waals surface area contributed by atoms with Gasteiger partial charge in [0.2, 0.25) is 0 Å². The van der Waals surface area contributed by atoms with Crippen molar-refractivity contribution in [2.75, 3.05) is 0 Å². The lowest BCUT2D eigenvalue weighted by Crippen LogP contribution is -2.28. The number of para-hydroxylation sites is 3. The number of benzene rings is 5. The summed E-state index contributed by atoms with van der Waals surface area (Å²) in [5, 5.41) is 23.7. The van der Waals surface area contributed by atoms with Gasteiger partial charge in [-0.25, -0.2) is 0 Å². The largest absolute Gasteiger partial charge is 0.309 e. The zero-order chi connectivity index (χ0) is 33.6. The molecule has 236 valence electrons. The average molecular weight is 659 g/mol. The molecule has 0 amide bonds. The van der Waals surface area contributed by atoms with E-state index in [4.69, 9.17) is 0 Å². The first-order valence-corrected chi connectivity index (χ1v) is 17.8. The maximum absolute atomic E-state index is 10.2. The molecule has 5 aromatic carbocycles. The van der Waals surface area contributed by atoms with Crippen molar-refractivity contribution in [3.63, 3.8) is 0 Å². The fourth-order valence-corrected chi connectivity index (χ4v) is 10.4.